The summed E-state index contributed by atoms with van der Waals surface area (Å²) < 4.78 is 0. The Bertz CT molecular complexity index is 442. The van der Waals surface area contributed by atoms with Gasteiger partial charge in [-0.2, -0.15) is 0 Å². The Hall–Kier alpha value is -1.86. The highest BCUT2D eigenvalue weighted by Gasteiger charge is 2.14. The number of allylic oxidation sites excluding steroid dienone is 4. The molecule has 0 aliphatic heterocycles. The maximum absolute atomic E-state index is 6.41. The zero-order valence-electron chi connectivity index (χ0n) is 11.5. The molecule has 0 spiro atoms. The van der Waals surface area contributed by atoms with E-state index < -0.39 is 0 Å². The number of nitrogens with two attached hydrogens (primary N) is 1. The number of hydrogen-bond donors (Lipinski definition) is 1. The number of rotatable bonds is 8. The summed E-state index contributed by atoms with van der Waals surface area (Å²) in [6.07, 6.45) is 8.22. The molecule has 1 unspecified atom stereocenters. The summed E-state index contributed by atoms with van der Waals surface area (Å²) in [4.78, 5) is 0. The molecule has 0 amide bonds. The lowest BCUT2D eigenvalue weighted by Gasteiger charge is -2.20. The van der Waals surface area contributed by atoms with E-state index >= 15 is 0 Å². The van der Waals surface area contributed by atoms with Gasteiger partial charge in [0.15, 0.2) is 0 Å². The molecule has 0 aromatic heterocycles. The quantitative estimate of drug-likeness (QED) is 0.667. The predicted molar refractivity (Wildman–Crippen MR) is 84.8 cm³/mol. The fourth-order valence-electron chi connectivity index (χ4n) is 2.20. The van der Waals surface area contributed by atoms with Gasteiger partial charge in [0.05, 0.1) is 6.04 Å². The lowest BCUT2D eigenvalue weighted by atomic mass is 9.90. The van der Waals surface area contributed by atoms with Gasteiger partial charge in [-0.05, 0) is 30.4 Å². The van der Waals surface area contributed by atoms with Crippen LogP contribution in [-0.4, -0.2) is 0 Å². The van der Waals surface area contributed by atoms with Crippen LogP contribution in [0.25, 0.3) is 0 Å². The highest BCUT2D eigenvalue weighted by molar-refractivity contribution is 5.33. The Morgan fingerprint density at radius 3 is 1.95 bits per heavy atom. The summed E-state index contributed by atoms with van der Waals surface area (Å²) in [6.45, 7) is 11.5. The zero-order valence-corrected chi connectivity index (χ0v) is 11.5. The van der Waals surface area contributed by atoms with E-state index in [0.29, 0.717) is 0 Å². The minimum Gasteiger partial charge on any atom is -0.321 e. The fourth-order valence-corrected chi connectivity index (χ4v) is 2.20. The van der Waals surface area contributed by atoms with Gasteiger partial charge >= 0.3 is 0 Å². The topological polar surface area (TPSA) is 26.0 Å². The third-order valence-corrected chi connectivity index (χ3v) is 3.13. The molecule has 1 aromatic rings. The van der Waals surface area contributed by atoms with Gasteiger partial charge in [-0.3, -0.25) is 0 Å². The van der Waals surface area contributed by atoms with E-state index in [2.05, 4.69) is 31.9 Å². The molecular weight excluding hydrogens is 230 g/mol. The van der Waals surface area contributed by atoms with Gasteiger partial charge in [0.1, 0.15) is 0 Å². The zero-order chi connectivity index (χ0) is 14.1. The second-order valence-corrected chi connectivity index (χ2v) is 4.50. The van der Waals surface area contributed by atoms with Crippen LogP contribution in [0.4, 0.5) is 0 Å². The Kier molecular flexibility index (Phi) is 6.62. The van der Waals surface area contributed by atoms with E-state index in [1.54, 1.807) is 0 Å². The molecule has 1 nitrogen and oxygen atoms in total. The first kappa shape index (κ1) is 15.2. The van der Waals surface area contributed by atoms with Crippen LogP contribution in [0.2, 0.25) is 0 Å². The van der Waals surface area contributed by atoms with Crippen molar-refractivity contribution in [2.24, 2.45) is 5.73 Å². The molecule has 0 bridgehead atoms. The molecule has 0 aliphatic rings. The molecule has 0 saturated heterocycles. The van der Waals surface area contributed by atoms with E-state index in [1.807, 2.05) is 36.4 Å². The Morgan fingerprint density at radius 1 is 0.947 bits per heavy atom. The number of benzene rings is 1. The molecular formula is C18H23N. The van der Waals surface area contributed by atoms with Gasteiger partial charge in [-0.25, -0.2) is 0 Å². The van der Waals surface area contributed by atoms with E-state index in [0.717, 1.165) is 24.8 Å². The molecule has 1 heteroatoms. The largest absolute Gasteiger partial charge is 0.321 e. The van der Waals surface area contributed by atoms with Crippen molar-refractivity contribution in [1.82, 2.24) is 0 Å². The van der Waals surface area contributed by atoms with Crippen molar-refractivity contribution < 1.29 is 0 Å². The summed E-state index contributed by atoms with van der Waals surface area (Å²) in [5.74, 6) is 0. The third kappa shape index (κ3) is 4.38. The summed E-state index contributed by atoms with van der Waals surface area (Å²) in [6, 6.07) is 10.1. The van der Waals surface area contributed by atoms with Crippen molar-refractivity contribution in [2.45, 2.75) is 25.3 Å². The molecule has 0 heterocycles. The molecule has 0 aliphatic carbocycles. The standard InChI is InChI=1S/C18H23N/c1-4-10-15(11-5-2)17(12-6-3)18(19)16-13-8-7-9-14-16/h4-9,13-14,18H,1-3,10-12,19H2. The SMILES string of the molecule is C=CCC(CC=C)=C(CC=C)C(N)c1ccccc1. The Labute approximate surface area is 116 Å². The Balaban J connectivity index is 3.16. The van der Waals surface area contributed by atoms with Crippen LogP contribution in [0.1, 0.15) is 30.9 Å². The van der Waals surface area contributed by atoms with Gasteiger partial charge in [0.25, 0.3) is 0 Å². The fraction of sp³-hybridized carbons (Fsp3) is 0.222. The summed E-state index contributed by atoms with van der Waals surface area (Å²) in [5, 5.41) is 0. The average Bonchev–Trinajstić information content (AvgIpc) is 2.45. The van der Waals surface area contributed by atoms with Gasteiger partial charge in [-0.1, -0.05) is 54.1 Å². The van der Waals surface area contributed by atoms with Crippen LogP contribution in [-0.2, 0) is 0 Å². The average molecular weight is 253 g/mol. The van der Waals surface area contributed by atoms with Crippen molar-refractivity contribution in [1.29, 1.82) is 0 Å². The first-order chi connectivity index (χ1) is 9.24. The van der Waals surface area contributed by atoms with Crippen LogP contribution in [0.15, 0.2) is 79.4 Å². The van der Waals surface area contributed by atoms with Crippen molar-refractivity contribution in [3.63, 3.8) is 0 Å². The lowest BCUT2D eigenvalue weighted by molar-refractivity contribution is 0.790. The molecule has 19 heavy (non-hydrogen) atoms. The second kappa shape index (κ2) is 8.28. The van der Waals surface area contributed by atoms with E-state index in [1.165, 1.54) is 11.1 Å². The molecule has 1 aromatic carbocycles. The maximum Gasteiger partial charge on any atom is 0.0516 e. The van der Waals surface area contributed by atoms with Crippen LogP contribution in [0, 0.1) is 0 Å². The van der Waals surface area contributed by atoms with Gasteiger partial charge in [-0.15, -0.1) is 19.7 Å². The lowest BCUT2D eigenvalue weighted by Crippen LogP contribution is -2.15. The molecule has 0 saturated carbocycles. The normalized spacial score (nSPS) is 11.4. The van der Waals surface area contributed by atoms with Crippen molar-refractivity contribution in [3.05, 3.63) is 85.0 Å². The van der Waals surface area contributed by atoms with Crippen molar-refractivity contribution in [3.8, 4) is 0 Å². The number of hydrogen-bond acceptors (Lipinski definition) is 1. The second-order valence-electron chi connectivity index (χ2n) is 4.50. The van der Waals surface area contributed by atoms with Gasteiger partial charge in [0.2, 0.25) is 0 Å². The first-order valence-corrected chi connectivity index (χ1v) is 6.58. The summed E-state index contributed by atoms with van der Waals surface area (Å²) in [5.41, 5.74) is 10.1. The molecule has 2 N–H and O–H groups in total. The molecule has 100 valence electrons. The first-order valence-electron chi connectivity index (χ1n) is 6.58. The summed E-state index contributed by atoms with van der Waals surface area (Å²) >= 11 is 0. The minimum absolute atomic E-state index is 0.0888. The third-order valence-electron chi connectivity index (χ3n) is 3.13. The van der Waals surface area contributed by atoms with Crippen molar-refractivity contribution >= 4 is 0 Å². The Morgan fingerprint density at radius 2 is 1.47 bits per heavy atom. The molecule has 1 rings (SSSR count). The highest BCUT2D eigenvalue weighted by Crippen LogP contribution is 2.28. The summed E-state index contributed by atoms with van der Waals surface area (Å²) in [7, 11) is 0. The minimum atomic E-state index is -0.0888. The molecule has 1 atom stereocenters. The van der Waals surface area contributed by atoms with Crippen LogP contribution in [0.5, 0.6) is 0 Å². The maximum atomic E-state index is 6.41. The van der Waals surface area contributed by atoms with Crippen molar-refractivity contribution in [2.75, 3.05) is 0 Å². The van der Waals surface area contributed by atoms with Crippen LogP contribution < -0.4 is 5.73 Å². The molecule has 0 radical (unpaired) electrons. The monoisotopic (exact) mass is 253 g/mol. The smallest absolute Gasteiger partial charge is 0.0516 e. The van der Waals surface area contributed by atoms with Gasteiger partial charge in [0, 0.05) is 0 Å². The highest BCUT2D eigenvalue weighted by atomic mass is 14.6. The van der Waals surface area contributed by atoms with E-state index in [-0.39, 0.29) is 6.04 Å². The molecule has 0 fully saturated rings. The van der Waals surface area contributed by atoms with Crippen LogP contribution in [0.3, 0.4) is 0 Å². The predicted octanol–water partition coefficient (Wildman–Crippen LogP) is 4.71. The van der Waals surface area contributed by atoms with E-state index in [9.17, 15) is 0 Å². The van der Waals surface area contributed by atoms with Gasteiger partial charge < -0.3 is 5.73 Å². The van der Waals surface area contributed by atoms with Crippen LogP contribution >= 0.6 is 0 Å². The van der Waals surface area contributed by atoms with E-state index in [4.69, 9.17) is 5.73 Å².